The zero-order valence-electron chi connectivity index (χ0n) is 18.1. The van der Waals surface area contributed by atoms with E-state index in [1.807, 2.05) is 12.1 Å². The molecule has 0 radical (unpaired) electrons. The standard InChI is InChI=1S/C23H25ClN2O5S2/c1-30-20-9-11-22(12-10-20)33(28,29)26(19-7-5-18(24)6-8-19)16-23(27)25-13-3-15-32-17-21-4-2-14-31-21/h2,4-12,14H,3,13,15-17H2,1H3,(H,25,27). The highest BCUT2D eigenvalue weighted by atomic mass is 35.5. The van der Waals surface area contributed by atoms with Gasteiger partial charge in [-0.2, -0.15) is 11.8 Å². The van der Waals surface area contributed by atoms with Crippen LogP contribution in [0.4, 0.5) is 5.69 Å². The number of rotatable bonds is 12. The van der Waals surface area contributed by atoms with Crippen LogP contribution in [0.2, 0.25) is 5.02 Å². The predicted octanol–water partition coefficient (Wildman–Crippen LogP) is 4.58. The van der Waals surface area contributed by atoms with E-state index in [2.05, 4.69) is 5.32 Å². The summed E-state index contributed by atoms with van der Waals surface area (Å²) in [5.74, 6) is 2.66. The van der Waals surface area contributed by atoms with E-state index in [0.717, 1.165) is 28.0 Å². The lowest BCUT2D eigenvalue weighted by Gasteiger charge is -2.24. The molecule has 3 rings (SSSR count). The first-order valence-corrected chi connectivity index (χ1v) is 13.2. The van der Waals surface area contributed by atoms with Gasteiger partial charge >= 0.3 is 0 Å². The molecule has 0 bridgehead atoms. The third-order valence-corrected chi connectivity index (χ3v) is 7.77. The normalized spacial score (nSPS) is 11.2. The van der Waals surface area contributed by atoms with Crippen LogP contribution in [-0.2, 0) is 20.6 Å². The molecular weight excluding hydrogens is 484 g/mol. The van der Waals surface area contributed by atoms with Crippen molar-refractivity contribution >= 4 is 45.0 Å². The Labute approximate surface area is 203 Å². The Kier molecular flexibility index (Phi) is 9.11. The number of hydrogen-bond acceptors (Lipinski definition) is 6. The highest BCUT2D eigenvalue weighted by Gasteiger charge is 2.27. The second-order valence-corrected chi connectivity index (χ2v) is 10.4. The summed E-state index contributed by atoms with van der Waals surface area (Å²) < 4.78 is 38.1. The van der Waals surface area contributed by atoms with Gasteiger partial charge < -0.3 is 14.5 Å². The first kappa shape index (κ1) is 25.0. The highest BCUT2D eigenvalue weighted by Crippen LogP contribution is 2.26. The van der Waals surface area contributed by atoms with Gasteiger partial charge in [0.05, 0.1) is 29.7 Å². The minimum Gasteiger partial charge on any atom is -0.497 e. The number of nitrogens with zero attached hydrogens (tertiary/aromatic N) is 1. The molecule has 10 heteroatoms. The maximum absolute atomic E-state index is 13.3. The van der Waals surface area contributed by atoms with Gasteiger partial charge in [-0.1, -0.05) is 11.6 Å². The number of furan rings is 1. The van der Waals surface area contributed by atoms with Crippen molar-refractivity contribution in [1.82, 2.24) is 5.32 Å². The third kappa shape index (κ3) is 7.18. The maximum atomic E-state index is 13.3. The molecule has 7 nitrogen and oxygen atoms in total. The number of amides is 1. The van der Waals surface area contributed by atoms with Crippen LogP contribution in [0, 0.1) is 0 Å². The van der Waals surface area contributed by atoms with Crippen molar-refractivity contribution in [1.29, 1.82) is 0 Å². The van der Waals surface area contributed by atoms with Gasteiger partial charge in [-0.05, 0) is 72.8 Å². The molecular formula is C23H25ClN2O5S2. The van der Waals surface area contributed by atoms with Gasteiger partial charge in [0.1, 0.15) is 18.1 Å². The van der Waals surface area contributed by atoms with Gasteiger partial charge in [-0.15, -0.1) is 0 Å². The molecule has 0 aliphatic rings. The second-order valence-electron chi connectivity index (χ2n) is 7.00. The van der Waals surface area contributed by atoms with Crippen molar-refractivity contribution in [2.45, 2.75) is 17.1 Å². The predicted molar refractivity (Wildman–Crippen MR) is 131 cm³/mol. The number of methoxy groups -OCH3 is 1. The van der Waals surface area contributed by atoms with E-state index in [1.165, 1.54) is 19.2 Å². The Hall–Kier alpha value is -2.62. The highest BCUT2D eigenvalue weighted by molar-refractivity contribution is 7.98. The molecule has 0 aliphatic carbocycles. The Morgan fingerprint density at radius 3 is 2.48 bits per heavy atom. The van der Waals surface area contributed by atoms with Gasteiger partial charge in [-0.3, -0.25) is 9.10 Å². The van der Waals surface area contributed by atoms with Crippen LogP contribution in [0.3, 0.4) is 0 Å². The number of benzene rings is 2. The zero-order valence-corrected chi connectivity index (χ0v) is 20.5. The lowest BCUT2D eigenvalue weighted by atomic mass is 10.3. The minimum atomic E-state index is -3.99. The average molecular weight is 509 g/mol. The molecule has 1 amide bonds. The van der Waals surface area contributed by atoms with Crippen molar-refractivity contribution in [3.05, 3.63) is 77.7 Å². The Morgan fingerprint density at radius 2 is 1.85 bits per heavy atom. The summed E-state index contributed by atoms with van der Waals surface area (Å²) in [6, 6.07) is 16.1. The number of anilines is 1. The molecule has 33 heavy (non-hydrogen) atoms. The van der Waals surface area contributed by atoms with E-state index in [1.54, 1.807) is 54.4 Å². The van der Waals surface area contributed by atoms with Gasteiger partial charge in [0.15, 0.2) is 0 Å². The van der Waals surface area contributed by atoms with Gasteiger partial charge in [0.25, 0.3) is 10.0 Å². The van der Waals surface area contributed by atoms with Crippen molar-refractivity contribution in [3.8, 4) is 5.75 Å². The fraction of sp³-hybridized carbons (Fsp3) is 0.261. The first-order chi connectivity index (χ1) is 15.9. The summed E-state index contributed by atoms with van der Waals surface area (Å²) >= 11 is 7.67. The molecule has 2 aromatic carbocycles. The molecule has 3 aromatic rings. The summed E-state index contributed by atoms with van der Waals surface area (Å²) in [5, 5.41) is 3.27. The molecule has 1 N–H and O–H groups in total. The molecule has 1 aromatic heterocycles. The van der Waals surface area contributed by atoms with Crippen LogP contribution in [0.25, 0.3) is 0 Å². The SMILES string of the molecule is COc1ccc(S(=O)(=O)N(CC(=O)NCCCSCc2ccco2)c2ccc(Cl)cc2)cc1. The fourth-order valence-electron chi connectivity index (χ4n) is 2.95. The largest absolute Gasteiger partial charge is 0.497 e. The molecule has 0 unspecified atom stereocenters. The summed E-state index contributed by atoms with van der Waals surface area (Å²) in [6.07, 6.45) is 2.39. The van der Waals surface area contributed by atoms with Gasteiger partial charge in [0, 0.05) is 11.6 Å². The number of hydrogen-bond donors (Lipinski definition) is 1. The summed E-state index contributed by atoms with van der Waals surface area (Å²) in [4.78, 5) is 12.7. The number of nitrogens with one attached hydrogen (secondary N) is 1. The molecule has 0 fully saturated rings. The van der Waals surface area contributed by atoms with Crippen LogP contribution in [-0.4, -0.2) is 40.3 Å². The molecule has 0 aliphatic heterocycles. The van der Waals surface area contributed by atoms with Crippen LogP contribution in [0.15, 0.2) is 76.2 Å². The zero-order chi connectivity index (χ0) is 23.7. The Morgan fingerprint density at radius 1 is 1.12 bits per heavy atom. The topological polar surface area (TPSA) is 88.9 Å². The number of thioether (sulfide) groups is 1. The smallest absolute Gasteiger partial charge is 0.264 e. The number of carbonyl (C=O) groups excluding carboxylic acids is 1. The first-order valence-electron chi connectivity index (χ1n) is 10.2. The van der Waals surface area contributed by atoms with Gasteiger partial charge in [-0.25, -0.2) is 8.42 Å². The fourth-order valence-corrected chi connectivity index (χ4v) is 5.36. The monoisotopic (exact) mass is 508 g/mol. The van der Waals surface area contributed by atoms with E-state index >= 15 is 0 Å². The van der Waals surface area contributed by atoms with Crippen LogP contribution >= 0.6 is 23.4 Å². The summed E-state index contributed by atoms with van der Waals surface area (Å²) in [7, 11) is -2.49. The second kappa shape index (κ2) is 12.0. The summed E-state index contributed by atoms with van der Waals surface area (Å²) in [5.41, 5.74) is 0.347. The maximum Gasteiger partial charge on any atom is 0.264 e. The minimum absolute atomic E-state index is 0.0559. The van der Waals surface area contributed by atoms with Crippen molar-refractivity contribution < 1.29 is 22.4 Å². The molecule has 0 saturated carbocycles. The van der Waals surface area contributed by atoms with Gasteiger partial charge in [0.2, 0.25) is 5.91 Å². The Bertz CT molecular complexity index is 1120. The van der Waals surface area contributed by atoms with Crippen LogP contribution in [0.1, 0.15) is 12.2 Å². The van der Waals surface area contributed by atoms with Crippen molar-refractivity contribution in [3.63, 3.8) is 0 Å². The van der Waals surface area contributed by atoms with E-state index in [0.29, 0.717) is 23.0 Å². The average Bonchev–Trinajstić information content (AvgIpc) is 3.34. The Balaban J connectivity index is 1.62. The number of carbonyl (C=O) groups is 1. The van der Waals surface area contributed by atoms with E-state index in [4.69, 9.17) is 20.8 Å². The number of ether oxygens (including phenoxy) is 1. The molecule has 0 spiro atoms. The molecule has 0 saturated heterocycles. The van der Waals surface area contributed by atoms with E-state index < -0.39 is 15.9 Å². The lowest BCUT2D eigenvalue weighted by Crippen LogP contribution is -2.41. The van der Waals surface area contributed by atoms with Crippen molar-refractivity contribution in [2.24, 2.45) is 0 Å². The van der Waals surface area contributed by atoms with E-state index in [-0.39, 0.29) is 11.4 Å². The quantitative estimate of drug-likeness (QED) is 0.360. The number of sulfonamides is 1. The molecule has 1 heterocycles. The third-order valence-electron chi connectivity index (χ3n) is 4.66. The molecule has 0 atom stereocenters. The lowest BCUT2D eigenvalue weighted by molar-refractivity contribution is -0.119. The van der Waals surface area contributed by atoms with Crippen molar-refractivity contribution in [2.75, 3.05) is 30.3 Å². The van der Waals surface area contributed by atoms with E-state index in [9.17, 15) is 13.2 Å². The van der Waals surface area contributed by atoms with Crippen LogP contribution < -0.4 is 14.4 Å². The van der Waals surface area contributed by atoms with Crippen LogP contribution in [0.5, 0.6) is 5.75 Å². The summed E-state index contributed by atoms with van der Waals surface area (Å²) in [6.45, 7) is 0.0938. The number of halogens is 1. The molecule has 176 valence electrons.